The molecule has 0 heterocycles. The van der Waals surface area contributed by atoms with Crippen LogP contribution < -0.4 is 0 Å². The Balaban J connectivity index is 1.98. The topological polar surface area (TPSA) is 24.7 Å². The van der Waals surface area contributed by atoms with Crippen molar-refractivity contribution in [2.45, 2.75) is 53.9 Å². The molecule has 30 heavy (non-hydrogen) atoms. The van der Waals surface area contributed by atoms with Crippen molar-refractivity contribution >= 4 is 22.8 Å². The minimum Gasteiger partial charge on any atom is -0.252 e. The van der Waals surface area contributed by atoms with E-state index in [-0.39, 0.29) is 0 Å². The normalized spacial score (nSPS) is 12.3. The highest BCUT2D eigenvalue weighted by Gasteiger charge is 2.10. The first-order valence-electron chi connectivity index (χ1n) is 10.8. The van der Waals surface area contributed by atoms with Crippen molar-refractivity contribution in [3.8, 4) is 0 Å². The van der Waals surface area contributed by atoms with Gasteiger partial charge in [0.2, 0.25) is 0 Å². The molecule has 0 atom stereocenters. The van der Waals surface area contributed by atoms with Crippen LogP contribution in [0.25, 0.3) is 0 Å². The summed E-state index contributed by atoms with van der Waals surface area (Å²) in [6.45, 7) is 10.7. The van der Waals surface area contributed by atoms with Crippen molar-refractivity contribution < 1.29 is 0 Å². The van der Waals surface area contributed by atoms with E-state index in [2.05, 4.69) is 101 Å². The Morgan fingerprint density at radius 1 is 0.633 bits per heavy atom. The Hall–Kier alpha value is -3.00. The van der Waals surface area contributed by atoms with Gasteiger partial charge in [0.25, 0.3) is 0 Å². The number of hydrogen-bond donors (Lipinski definition) is 0. The van der Waals surface area contributed by atoms with Crippen LogP contribution in [0.3, 0.4) is 0 Å². The molecule has 0 aliphatic heterocycles. The van der Waals surface area contributed by atoms with Crippen LogP contribution in [0.1, 0.15) is 47.6 Å². The van der Waals surface area contributed by atoms with Gasteiger partial charge in [-0.1, -0.05) is 49.4 Å². The Bertz CT molecular complexity index is 1060. The van der Waals surface area contributed by atoms with E-state index in [1.54, 1.807) is 0 Å². The summed E-state index contributed by atoms with van der Waals surface area (Å²) in [4.78, 5) is 10.1. The van der Waals surface area contributed by atoms with Crippen LogP contribution >= 0.6 is 0 Å². The van der Waals surface area contributed by atoms with Crippen LogP contribution in [0.15, 0.2) is 76.7 Å². The molecular weight excluding hydrogens is 364 g/mol. The molecule has 3 aromatic carbocycles. The van der Waals surface area contributed by atoms with Gasteiger partial charge in [-0.3, -0.25) is 9.98 Å². The maximum absolute atomic E-state index is 5.07. The Morgan fingerprint density at radius 2 is 1.17 bits per heavy atom. The molecule has 2 nitrogen and oxygen atoms in total. The standard InChI is InChI=1S/C28H32N2/c1-6-27(29-25-15-12-20(2)22(4)18-25)28(17-14-24-10-8-7-9-11-24)30-26-16-13-21(3)23(5)19-26/h7-13,15-16,18-19H,6,14,17H2,1-5H3. The van der Waals surface area contributed by atoms with Gasteiger partial charge in [-0.05, 0) is 99.0 Å². The first-order valence-corrected chi connectivity index (χ1v) is 10.8. The van der Waals surface area contributed by atoms with E-state index in [1.807, 2.05) is 0 Å². The van der Waals surface area contributed by atoms with Gasteiger partial charge in [0.15, 0.2) is 0 Å². The molecule has 0 amide bonds. The van der Waals surface area contributed by atoms with Gasteiger partial charge in [0.05, 0.1) is 22.8 Å². The summed E-state index contributed by atoms with van der Waals surface area (Å²) in [5, 5.41) is 0. The summed E-state index contributed by atoms with van der Waals surface area (Å²) in [7, 11) is 0. The maximum atomic E-state index is 5.07. The second-order valence-corrected chi connectivity index (χ2v) is 7.99. The van der Waals surface area contributed by atoms with Crippen LogP contribution in [-0.4, -0.2) is 11.4 Å². The van der Waals surface area contributed by atoms with Gasteiger partial charge in [-0.15, -0.1) is 0 Å². The number of aryl methyl sites for hydroxylation is 5. The number of rotatable bonds is 7. The highest BCUT2D eigenvalue weighted by molar-refractivity contribution is 6.43. The maximum Gasteiger partial charge on any atom is 0.0636 e. The molecule has 0 spiro atoms. The fourth-order valence-corrected chi connectivity index (χ4v) is 3.42. The fraction of sp³-hybridized carbons (Fsp3) is 0.286. The zero-order chi connectivity index (χ0) is 21.5. The third-order valence-electron chi connectivity index (χ3n) is 5.67. The number of benzene rings is 3. The van der Waals surface area contributed by atoms with Gasteiger partial charge >= 0.3 is 0 Å². The van der Waals surface area contributed by atoms with Crippen LogP contribution in [0.4, 0.5) is 11.4 Å². The second-order valence-electron chi connectivity index (χ2n) is 7.99. The van der Waals surface area contributed by atoms with Crippen LogP contribution in [0, 0.1) is 27.7 Å². The van der Waals surface area contributed by atoms with E-state index >= 15 is 0 Å². The van der Waals surface area contributed by atoms with E-state index in [9.17, 15) is 0 Å². The molecule has 3 rings (SSSR count). The summed E-state index contributed by atoms with van der Waals surface area (Å²) in [6, 6.07) is 23.4. The van der Waals surface area contributed by atoms with Crippen molar-refractivity contribution in [3.63, 3.8) is 0 Å². The average molecular weight is 397 g/mol. The molecule has 0 saturated carbocycles. The van der Waals surface area contributed by atoms with Gasteiger partial charge in [-0.2, -0.15) is 0 Å². The highest BCUT2D eigenvalue weighted by atomic mass is 14.8. The number of nitrogens with zero attached hydrogens (tertiary/aromatic N) is 2. The lowest BCUT2D eigenvalue weighted by molar-refractivity contribution is 1.04. The van der Waals surface area contributed by atoms with Crippen molar-refractivity contribution in [1.29, 1.82) is 0 Å². The zero-order valence-electron chi connectivity index (χ0n) is 18.9. The summed E-state index contributed by atoms with van der Waals surface area (Å²) >= 11 is 0. The molecule has 0 fully saturated rings. The quantitative estimate of drug-likeness (QED) is 0.364. The predicted molar refractivity (Wildman–Crippen MR) is 131 cm³/mol. The van der Waals surface area contributed by atoms with E-state index in [0.29, 0.717) is 0 Å². The predicted octanol–water partition coefficient (Wildman–Crippen LogP) is 7.81. The third kappa shape index (κ3) is 5.76. The van der Waals surface area contributed by atoms with Crippen LogP contribution in [0.5, 0.6) is 0 Å². The van der Waals surface area contributed by atoms with Crippen LogP contribution in [0.2, 0.25) is 0 Å². The first kappa shape index (κ1) is 21.7. The minimum absolute atomic E-state index is 0.853. The number of hydrogen-bond acceptors (Lipinski definition) is 2. The minimum atomic E-state index is 0.853. The molecule has 0 saturated heterocycles. The molecule has 0 bridgehead atoms. The molecule has 0 aliphatic rings. The largest absolute Gasteiger partial charge is 0.252 e. The Labute approximate surface area is 181 Å². The second kappa shape index (κ2) is 10.2. The first-order chi connectivity index (χ1) is 14.5. The van der Waals surface area contributed by atoms with Crippen molar-refractivity contribution in [2.24, 2.45) is 9.98 Å². The van der Waals surface area contributed by atoms with Crippen molar-refractivity contribution in [1.82, 2.24) is 0 Å². The lowest BCUT2D eigenvalue weighted by Gasteiger charge is -2.11. The van der Waals surface area contributed by atoms with E-state index in [4.69, 9.17) is 9.98 Å². The molecule has 0 aromatic heterocycles. The molecule has 0 N–H and O–H groups in total. The molecule has 0 radical (unpaired) electrons. The summed E-state index contributed by atoms with van der Waals surface area (Å²) in [6.07, 6.45) is 2.68. The monoisotopic (exact) mass is 396 g/mol. The van der Waals surface area contributed by atoms with Crippen molar-refractivity contribution in [2.75, 3.05) is 0 Å². The highest BCUT2D eigenvalue weighted by Crippen LogP contribution is 2.22. The van der Waals surface area contributed by atoms with Gasteiger partial charge in [0, 0.05) is 0 Å². The lowest BCUT2D eigenvalue weighted by atomic mass is 10.0. The van der Waals surface area contributed by atoms with E-state index in [0.717, 1.165) is 42.1 Å². The zero-order valence-corrected chi connectivity index (χ0v) is 18.9. The van der Waals surface area contributed by atoms with Gasteiger partial charge in [-0.25, -0.2) is 0 Å². The fourth-order valence-electron chi connectivity index (χ4n) is 3.42. The molecule has 2 heteroatoms. The third-order valence-corrected chi connectivity index (χ3v) is 5.67. The molecule has 0 aliphatic carbocycles. The summed E-state index contributed by atoms with van der Waals surface area (Å²) in [5.41, 5.74) is 10.6. The lowest BCUT2D eigenvalue weighted by Crippen LogP contribution is -2.14. The Kier molecular flexibility index (Phi) is 7.35. The average Bonchev–Trinajstić information content (AvgIpc) is 2.75. The smallest absolute Gasteiger partial charge is 0.0636 e. The Morgan fingerprint density at radius 3 is 1.67 bits per heavy atom. The molecular formula is C28H32N2. The molecule has 154 valence electrons. The summed E-state index contributed by atoms with van der Waals surface area (Å²) in [5.74, 6) is 0. The SMILES string of the molecule is CCC(=Nc1ccc(C)c(C)c1)C(CCc1ccccc1)=Nc1ccc(C)c(C)c1. The van der Waals surface area contributed by atoms with E-state index in [1.165, 1.54) is 27.8 Å². The van der Waals surface area contributed by atoms with Gasteiger partial charge in [0.1, 0.15) is 0 Å². The molecule has 0 unspecified atom stereocenters. The van der Waals surface area contributed by atoms with Crippen molar-refractivity contribution in [3.05, 3.63) is 94.5 Å². The number of aliphatic imine (C=N–C) groups is 2. The molecule has 3 aromatic rings. The van der Waals surface area contributed by atoms with Gasteiger partial charge < -0.3 is 0 Å². The summed E-state index contributed by atoms with van der Waals surface area (Å²) < 4.78 is 0. The van der Waals surface area contributed by atoms with Crippen LogP contribution in [-0.2, 0) is 6.42 Å². The van der Waals surface area contributed by atoms with E-state index < -0.39 is 0 Å².